The first kappa shape index (κ1) is 23.1. The molecule has 3 aromatic heterocycles. The van der Waals surface area contributed by atoms with Crippen LogP contribution in [0.1, 0.15) is 39.8 Å². The number of quaternary nitrogens is 1. The number of ether oxygens (including phenoxy) is 2. The lowest BCUT2D eigenvalue weighted by atomic mass is 10.2. The Bertz CT molecular complexity index is 1230. The number of carbonyl (C=O) groups is 2. The maximum Gasteiger partial charge on any atom is 0.527 e. The van der Waals surface area contributed by atoms with Gasteiger partial charge >= 0.3 is 12.2 Å². The molecule has 176 valence electrons. The number of hydrogen-bond acceptors (Lipinski definition) is 8. The van der Waals surface area contributed by atoms with E-state index in [2.05, 4.69) is 15.1 Å². The second-order valence-corrected chi connectivity index (χ2v) is 10.3. The summed E-state index contributed by atoms with van der Waals surface area (Å²) < 4.78 is 13.4. The van der Waals surface area contributed by atoms with E-state index in [1.165, 1.54) is 11.3 Å². The molecule has 33 heavy (non-hydrogen) atoms. The third-order valence-corrected chi connectivity index (χ3v) is 6.58. The largest absolute Gasteiger partial charge is 0.527 e. The van der Waals surface area contributed by atoms with Crippen LogP contribution in [0.25, 0.3) is 21.7 Å². The zero-order chi connectivity index (χ0) is 24.1. The third-order valence-electron chi connectivity index (χ3n) is 5.69. The highest BCUT2D eigenvalue weighted by molar-refractivity contribution is 7.17. The molecule has 0 bridgehead atoms. The molecule has 1 saturated heterocycles. The minimum Gasteiger partial charge on any atom is -0.467 e. The fraction of sp³-hybridized carbons (Fsp3) is 0.500. The molecule has 4 rings (SSSR count). The van der Waals surface area contributed by atoms with E-state index in [0.717, 1.165) is 21.6 Å². The van der Waals surface area contributed by atoms with Crippen molar-refractivity contribution in [3.05, 3.63) is 23.2 Å². The molecule has 2 amide bonds. The molecule has 1 aliphatic heterocycles. The van der Waals surface area contributed by atoms with E-state index < -0.39 is 34.4 Å². The Morgan fingerprint density at radius 3 is 2.64 bits per heavy atom. The highest BCUT2D eigenvalue weighted by atomic mass is 32.1. The Labute approximate surface area is 195 Å². The maximum absolute atomic E-state index is 13.0. The van der Waals surface area contributed by atoms with Crippen molar-refractivity contribution in [1.29, 1.82) is 0 Å². The summed E-state index contributed by atoms with van der Waals surface area (Å²) in [4.78, 5) is 34.5. The number of aromatic nitrogens is 4. The summed E-state index contributed by atoms with van der Waals surface area (Å²) in [5.41, 5.74) is 1.52. The number of nitrogens with zero attached hydrogens (tertiary/aromatic N) is 5. The van der Waals surface area contributed by atoms with Gasteiger partial charge in [-0.25, -0.2) is 4.98 Å². The van der Waals surface area contributed by atoms with E-state index >= 15 is 0 Å². The molecule has 4 heterocycles. The summed E-state index contributed by atoms with van der Waals surface area (Å²) in [5, 5.41) is 16.3. The third kappa shape index (κ3) is 4.18. The Balaban J connectivity index is 1.68. The molecule has 2 unspecified atom stereocenters. The number of rotatable bonds is 3. The van der Waals surface area contributed by atoms with Crippen LogP contribution in [0.3, 0.4) is 0 Å². The topological polar surface area (TPSA) is 116 Å². The predicted molar refractivity (Wildman–Crippen MR) is 122 cm³/mol. The number of hydrogen-bond donors (Lipinski definition) is 1. The molecule has 11 heteroatoms. The molecular weight excluding hydrogens is 446 g/mol. The van der Waals surface area contributed by atoms with Crippen molar-refractivity contribution < 1.29 is 28.7 Å². The normalized spacial score (nSPS) is 23.1. The van der Waals surface area contributed by atoms with E-state index in [4.69, 9.17) is 9.47 Å². The summed E-state index contributed by atoms with van der Waals surface area (Å²) in [5.74, 6) is 0.840. The number of likely N-dealkylation sites (tertiary alicyclic amines) is 1. The van der Waals surface area contributed by atoms with Crippen LogP contribution in [-0.2, 0) is 11.8 Å². The number of carbonyl (C=O) groups excluding carboxylic acids is 1. The smallest absolute Gasteiger partial charge is 0.467 e. The molecule has 3 atom stereocenters. The van der Waals surface area contributed by atoms with Crippen molar-refractivity contribution in [1.82, 2.24) is 19.7 Å². The SMILES string of the molecule is Cc1cc(-c2nc(O[C@@H]3CC(C)[N+](C(=O)O)(C(=O)OC(C)(C)C)C3)c3sccc3n2)n(C)n1. The maximum atomic E-state index is 13.0. The minimum absolute atomic E-state index is 0.0531. The molecule has 10 nitrogen and oxygen atoms in total. The molecule has 1 fully saturated rings. The van der Waals surface area contributed by atoms with Crippen molar-refractivity contribution in [2.24, 2.45) is 7.05 Å². The zero-order valence-electron chi connectivity index (χ0n) is 19.5. The summed E-state index contributed by atoms with van der Waals surface area (Å²) in [6.07, 6.45) is -2.21. The second kappa shape index (κ2) is 8.07. The molecule has 1 N–H and O–H groups in total. The molecule has 0 aromatic carbocycles. The van der Waals surface area contributed by atoms with Gasteiger partial charge < -0.3 is 14.6 Å². The van der Waals surface area contributed by atoms with Gasteiger partial charge in [0.05, 0.1) is 11.2 Å². The van der Waals surface area contributed by atoms with E-state index in [-0.39, 0.29) is 6.54 Å². The van der Waals surface area contributed by atoms with Crippen LogP contribution < -0.4 is 4.74 Å². The summed E-state index contributed by atoms with van der Waals surface area (Å²) in [6, 6.07) is 3.25. The van der Waals surface area contributed by atoms with Gasteiger partial charge in [-0.3, -0.25) is 4.68 Å². The Hall–Kier alpha value is -3.05. The van der Waals surface area contributed by atoms with Crippen LogP contribution in [0.2, 0.25) is 0 Å². The average Bonchev–Trinajstić information content (AvgIpc) is 3.37. The highest BCUT2D eigenvalue weighted by Crippen LogP contribution is 2.36. The van der Waals surface area contributed by atoms with E-state index in [1.54, 1.807) is 32.4 Å². The monoisotopic (exact) mass is 474 g/mol. The first-order valence-electron chi connectivity index (χ1n) is 10.7. The van der Waals surface area contributed by atoms with Crippen LogP contribution in [0, 0.1) is 6.92 Å². The van der Waals surface area contributed by atoms with Crippen LogP contribution >= 0.6 is 11.3 Å². The first-order valence-corrected chi connectivity index (χ1v) is 11.6. The number of fused-ring (bicyclic) bond motifs is 1. The molecule has 0 radical (unpaired) electrons. The van der Waals surface area contributed by atoms with Crippen molar-refractivity contribution in [2.75, 3.05) is 6.54 Å². The summed E-state index contributed by atoms with van der Waals surface area (Å²) in [7, 11) is 1.82. The molecular formula is C22H28N5O5S+. The van der Waals surface area contributed by atoms with Crippen LogP contribution in [0.5, 0.6) is 5.88 Å². The van der Waals surface area contributed by atoms with Gasteiger partial charge in [0.25, 0.3) is 0 Å². The van der Waals surface area contributed by atoms with Gasteiger partial charge in [-0.15, -0.1) is 15.8 Å². The molecule has 3 aromatic rings. The van der Waals surface area contributed by atoms with Gasteiger partial charge in [-0.2, -0.15) is 19.7 Å². The molecule has 0 spiro atoms. The average molecular weight is 475 g/mol. The van der Waals surface area contributed by atoms with Crippen molar-refractivity contribution in [3.8, 4) is 17.4 Å². The highest BCUT2D eigenvalue weighted by Gasteiger charge is 2.60. The molecule has 1 aliphatic rings. The Morgan fingerprint density at radius 1 is 1.30 bits per heavy atom. The van der Waals surface area contributed by atoms with Gasteiger partial charge in [0.15, 0.2) is 11.9 Å². The Morgan fingerprint density at radius 2 is 2.03 bits per heavy atom. The lowest BCUT2D eigenvalue weighted by molar-refractivity contribution is -0.797. The van der Waals surface area contributed by atoms with Crippen molar-refractivity contribution in [2.45, 2.75) is 58.8 Å². The van der Waals surface area contributed by atoms with E-state index in [1.807, 2.05) is 31.5 Å². The first-order chi connectivity index (χ1) is 15.4. The van der Waals surface area contributed by atoms with Crippen LogP contribution in [-0.4, -0.2) is 65.8 Å². The Kier molecular flexibility index (Phi) is 5.65. The fourth-order valence-electron chi connectivity index (χ4n) is 4.17. The fourth-order valence-corrected chi connectivity index (χ4v) is 4.93. The number of carboxylic acid groups (broad SMARTS) is 1. The van der Waals surface area contributed by atoms with Crippen molar-refractivity contribution in [3.63, 3.8) is 0 Å². The van der Waals surface area contributed by atoms with Gasteiger partial charge in [0, 0.05) is 13.5 Å². The van der Waals surface area contributed by atoms with Gasteiger partial charge in [0.2, 0.25) is 5.88 Å². The van der Waals surface area contributed by atoms with Gasteiger partial charge in [-0.05, 0) is 52.1 Å². The number of imide groups is 1. The van der Waals surface area contributed by atoms with Crippen molar-refractivity contribution >= 4 is 33.7 Å². The summed E-state index contributed by atoms with van der Waals surface area (Å²) >= 11 is 1.45. The quantitative estimate of drug-likeness (QED) is 0.556. The number of amides is 2. The minimum atomic E-state index is -1.25. The molecule has 0 saturated carbocycles. The standard InChI is InChI=1S/C22H27N5O5S/c1-12-9-16(26(6)25-12)18-23-15-7-8-33-17(15)19(24-18)31-14-10-13(2)27(11-14,20(28)29)21(30)32-22(3,4)5/h7-9,13-14H,10-11H2,1-6H3/p+1/t13?,14-,27?/m1/s1. The van der Waals surface area contributed by atoms with Crippen LogP contribution in [0.4, 0.5) is 9.59 Å². The summed E-state index contributed by atoms with van der Waals surface area (Å²) in [6.45, 7) is 8.72. The number of aryl methyl sites for hydroxylation is 2. The lowest BCUT2D eigenvalue weighted by Crippen LogP contribution is -2.60. The molecule has 0 aliphatic carbocycles. The zero-order valence-corrected chi connectivity index (χ0v) is 20.3. The van der Waals surface area contributed by atoms with E-state index in [9.17, 15) is 14.7 Å². The van der Waals surface area contributed by atoms with E-state index in [0.29, 0.717) is 18.1 Å². The number of thiophene rings is 1. The second-order valence-electron chi connectivity index (χ2n) is 9.42. The van der Waals surface area contributed by atoms with Crippen LogP contribution in [0.15, 0.2) is 17.5 Å². The van der Waals surface area contributed by atoms with Gasteiger partial charge in [-0.1, -0.05) is 0 Å². The lowest BCUT2D eigenvalue weighted by Gasteiger charge is -2.31. The predicted octanol–water partition coefficient (Wildman–Crippen LogP) is 4.37. The van der Waals surface area contributed by atoms with Gasteiger partial charge in [0.1, 0.15) is 28.6 Å².